The number of hydrogen-bond acceptors (Lipinski definition) is 3. The first-order valence-electron chi connectivity index (χ1n) is 6.92. The van der Waals surface area contributed by atoms with Crippen molar-refractivity contribution in [1.29, 1.82) is 0 Å². The molecule has 0 aromatic rings. The third kappa shape index (κ3) is 2.88. The minimum absolute atomic E-state index is 0.111. The van der Waals surface area contributed by atoms with Crippen LogP contribution in [-0.2, 0) is 9.59 Å². The molecule has 0 spiro atoms. The summed E-state index contributed by atoms with van der Waals surface area (Å²) in [7, 11) is 0. The van der Waals surface area contributed by atoms with E-state index in [1.54, 1.807) is 0 Å². The number of nitrogens with two attached hydrogens (primary N) is 1. The van der Waals surface area contributed by atoms with Crippen LogP contribution < -0.4 is 11.1 Å². The van der Waals surface area contributed by atoms with Crippen LogP contribution in [-0.4, -0.2) is 41.3 Å². The lowest BCUT2D eigenvalue weighted by Gasteiger charge is -2.39. The lowest BCUT2D eigenvalue weighted by Crippen LogP contribution is -2.53. The fraction of sp³-hybridized carbons (Fsp3) is 0.769. The fourth-order valence-corrected chi connectivity index (χ4v) is 2.99. The molecule has 6 heteroatoms. The first-order valence-corrected chi connectivity index (χ1v) is 7.33. The molecule has 0 radical (unpaired) electrons. The van der Waals surface area contributed by atoms with Crippen LogP contribution >= 0.6 is 12.2 Å². The molecule has 19 heavy (non-hydrogen) atoms. The number of likely N-dealkylation sites (tertiary alicyclic amines) is 1. The number of rotatable bonds is 5. The topological polar surface area (TPSA) is 75.4 Å². The molecule has 1 saturated heterocycles. The number of hydrogen-bond donors (Lipinski definition) is 2. The summed E-state index contributed by atoms with van der Waals surface area (Å²) < 4.78 is 0. The molecule has 1 saturated carbocycles. The van der Waals surface area contributed by atoms with Gasteiger partial charge < -0.3 is 16.0 Å². The second-order valence-corrected chi connectivity index (χ2v) is 5.83. The molecule has 2 rings (SSSR count). The van der Waals surface area contributed by atoms with Crippen LogP contribution in [0.3, 0.4) is 0 Å². The molecule has 0 bridgehead atoms. The molecular formula is C13H21N3O2S. The first kappa shape index (κ1) is 14.2. The third-order valence-corrected chi connectivity index (χ3v) is 4.59. The summed E-state index contributed by atoms with van der Waals surface area (Å²) in [4.78, 5) is 26.0. The average molecular weight is 283 g/mol. The first-order chi connectivity index (χ1) is 9.06. The smallest absolute Gasteiger partial charge is 0.233 e. The van der Waals surface area contributed by atoms with Gasteiger partial charge in [-0.05, 0) is 25.7 Å². The van der Waals surface area contributed by atoms with Crippen LogP contribution in [0.1, 0.15) is 38.5 Å². The summed E-state index contributed by atoms with van der Waals surface area (Å²) in [6.45, 7) is 2.08. The quantitative estimate of drug-likeness (QED) is 0.723. The van der Waals surface area contributed by atoms with E-state index >= 15 is 0 Å². The fourth-order valence-electron chi connectivity index (χ4n) is 2.69. The van der Waals surface area contributed by atoms with Gasteiger partial charge in [-0.15, -0.1) is 0 Å². The van der Waals surface area contributed by atoms with Crippen molar-refractivity contribution in [2.45, 2.75) is 38.5 Å². The van der Waals surface area contributed by atoms with Crippen LogP contribution in [0.4, 0.5) is 0 Å². The average Bonchev–Trinajstić information content (AvgIpc) is 2.79. The van der Waals surface area contributed by atoms with Gasteiger partial charge >= 0.3 is 0 Å². The highest BCUT2D eigenvalue weighted by Crippen LogP contribution is 2.41. The van der Waals surface area contributed by atoms with Gasteiger partial charge in [0.05, 0.1) is 10.4 Å². The third-order valence-electron chi connectivity index (χ3n) is 4.20. The monoisotopic (exact) mass is 283 g/mol. The molecule has 2 aliphatic rings. The molecule has 0 atom stereocenters. The van der Waals surface area contributed by atoms with Gasteiger partial charge in [0.2, 0.25) is 11.8 Å². The van der Waals surface area contributed by atoms with Crippen LogP contribution in [0.25, 0.3) is 0 Å². The SMILES string of the molecule is NC(=S)C1(C(=O)NCCC(=O)N2CCCC2)CCC1. The number of carbonyl (C=O) groups excluding carboxylic acids is 2. The van der Waals surface area contributed by atoms with Crippen LogP contribution in [0, 0.1) is 5.41 Å². The molecule has 3 N–H and O–H groups in total. The van der Waals surface area contributed by atoms with E-state index in [9.17, 15) is 9.59 Å². The highest BCUT2D eigenvalue weighted by atomic mass is 32.1. The zero-order chi connectivity index (χ0) is 13.9. The van der Waals surface area contributed by atoms with E-state index in [1.165, 1.54) is 0 Å². The zero-order valence-electron chi connectivity index (χ0n) is 11.1. The van der Waals surface area contributed by atoms with Gasteiger partial charge in [0, 0.05) is 26.1 Å². The Morgan fingerprint density at radius 2 is 1.84 bits per heavy atom. The predicted molar refractivity (Wildman–Crippen MR) is 76.5 cm³/mol. The van der Waals surface area contributed by atoms with Gasteiger partial charge in [0.1, 0.15) is 0 Å². The van der Waals surface area contributed by atoms with Crippen molar-refractivity contribution in [1.82, 2.24) is 10.2 Å². The summed E-state index contributed by atoms with van der Waals surface area (Å²) in [6, 6.07) is 0. The minimum Gasteiger partial charge on any atom is -0.392 e. The van der Waals surface area contributed by atoms with Gasteiger partial charge in [-0.1, -0.05) is 18.6 Å². The lowest BCUT2D eigenvalue weighted by molar-refractivity contribution is -0.132. The summed E-state index contributed by atoms with van der Waals surface area (Å²) in [5, 5.41) is 2.81. The number of carbonyl (C=O) groups is 2. The molecular weight excluding hydrogens is 262 g/mol. The number of amides is 2. The Labute approximate surface area is 118 Å². The van der Waals surface area contributed by atoms with E-state index in [4.69, 9.17) is 18.0 Å². The Balaban J connectivity index is 1.74. The molecule has 1 heterocycles. The molecule has 0 unspecified atom stereocenters. The van der Waals surface area contributed by atoms with Gasteiger partial charge in [0.15, 0.2) is 0 Å². The van der Waals surface area contributed by atoms with Crippen LogP contribution in [0.5, 0.6) is 0 Å². The van der Waals surface area contributed by atoms with Crippen molar-refractivity contribution in [3.8, 4) is 0 Å². The van der Waals surface area contributed by atoms with E-state index in [1.807, 2.05) is 4.90 Å². The minimum atomic E-state index is -0.647. The maximum absolute atomic E-state index is 12.1. The largest absolute Gasteiger partial charge is 0.392 e. The Morgan fingerprint density at radius 3 is 2.32 bits per heavy atom. The van der Waals surface area contributed by atoms with Crippen molar-refractivity contribution in [3.63, 3.8) is 0 Å². The standard InChI is InChI=1S/C13H21N3O2S/c14-11(19)13(5-3-6-13)12(18)15-7-4-10(17)16-8-1-2-9-16/h1-9H2,(H2,14,19)(H,15,18). The molecule has 1 aliphatic heterocycles. The molecule has 106 valence electrons. The van der Waals surface area contributed by atoms with Crippen molar-refractivity contribution in [3.05, 3.63) is 0 Å². The van der Waals surface area contributed by atoms with Crippen LogP contribution in [0.2, 0.25) is 0 Å². The zero-order valence-corrected chi connectivity index (χ0v) is 11.9. The summed E-state index contributed by atoms with van der Waals surface area (Å²) in [6.07, 6.45) is 4.98. The van der Waals surface area contributed by atoms with E-state index in [-0.39, 0.29) is 16.8 Å². The van der Waals surface area contributed by atoms with Crippen molar-refractivity contribution in [2.75, 3.05) is 19.6 Å². The molecule has 0 aromatic heterocycles. The molecule has 1 aliphatic carbocycles. The van der Waals surface area contributed by atoms with Gasteiger partial charge in [-0.3, -0.25) is 9.59 Å². The second-order valence-electron chi connectivity index (χ2n) is 5.39. The van der Waals surface area contributed by atoms with E-state index in [2.05, 4.69) is 5.32 Å². The summed E-state index contributed by atoms with van der Waals surface area (Å²) in [5.74, 6) is 0.0104. The maximum Gasteiger partial charge on any atom is 0.233 e. The maximum atomic E-state index is 12.1. The van der Waals surface area contributed by atoms with Gasteiger partial charge in [-0.25, -0.2) is 0 Å². The Hall–Kier alpha value is -1.17. The van der Waals surface area contributed by atoms with E-state index in [0.717, 1.165) is 45.2 Å². The Bertz CT molecular complexity index is 387. The molecule has 2 fully saturated rings. The predicted octanol–water partition coefficient (Wildman–Crippen LogP) is 0.571. The van der Waals surface area contributed by atoms with Crippen molar-refractivity contribution in [2.24, 2.45) is 11.1 Å². The highest BCUT2D eigenvalue weighted by Gasteiger charge is 2.46. The number of nitrogens with one attached hydrogen (secondary N) is 1. The van der Waals surface area contributed by atoms with Gasteiger partial charge in [-0.2, -0.15) is 0 Å². The number of nitrogens with zero attached hydrogens (tertiary/aromatic N) is 1. The second kappa shape index (κ2) is 5.86. The Morgan fingerprint density at radius 1 is 1.21 bits per heavy atom. The normalized spacial score (nSPS) is 20.7. The molecule has 2 amide bonds. The van der Waals surface area contributed by atoms with Crippen molar-refractivity contribution < 1.29 is 9.59 Å². The van der Waals surface area contributed by atoms with E-state index < -0.39 is 5.41 Å². The van der Waals surface area contributed by atoms with Gasteiger partial charge in [0.25, 0.3) is 0 Å². The van der Waals surface area contributed by atoms with E-state index in [0.29, 0.717) is 13.0 Å². The highest BCUT2D eigenvalue weighted by molar-refractivity contribution is 7.80. The lowest BCUT2D eigenvalue weighted by atomic mass is 9.68. The Kier molecular flexibility index (Phi) is 4.39. The molecule has 5 nitrogen and oxygen atoms in total. The number of thiocarbonyl (C=S) groups is 1. The summed E-state index contributed by atoms with van der Waals surface area (Å²) in [5.41, 5.74) is 5.01. The van der Waals surface area contributed by atoms with Crippen LogP contribution in [0.15, 0.2) is 0 Å². The van der Waals surface area contributed by atoms with Crippen molar-refractivity contribution >= 4 is 29.0 Å². The summed E-state index contributed by atoms with van der Waals surface area (Å²) >= 11 is 4.99. The molecule has 0 aromatic carbocycles.